The van der Waals surface area contributed by atoms with E-state index in [9.17, 15) is 9.59 Å². The summed E-state index contributed by atoms with van der Waals surface area (Å²) in [4.78, 5) is 33.0. The van der Waals surface area contributed by atoms with Crippen LogP contribution in [0.25, 0.3) is 0 Å². The summed E-state index contributed by atoms with van der Waals surface area (Å²) in [7, 11) is 0. The third-order valence-corrected chi connectivity index (χ3v) is 4.40. The quantitative estimate of drug-likeness (QED) is 0.823. The van der Waals surface area contributed by atoms with Crippen LogP contribution in [0.3, 0.4) is 0 Å². The monoisotopic (exact) mass is 302 g/mol. The number of nitrogens with zero attached hydrogens (tertiary/aromatic N) is 2. The van der Waals surface area contributed by atoms with Crippen LogP contribution >= 0.6 is 0 Å². The van der Waals surface area contributed by atoms with Gasteiger partial charge in [-0.2, -0.15) is 0 Å². The smallest absolute Gasteiger partial charge is 0.290 e. The molecule has 1 fully saturated rings. The Balaban J connectivity index is 1.61. The molecule has 1 aromatic rings. The fraction of sp³-hybridized carbons (Fsp3) is 0.562. The minimum absolute atomic E-state index is 0.0913. The molecule has 2 atom stereocenters. The zero-order valence-electron chi connectivity index (χ0n) is 12.6. The van der Waals surface area contributed by atoms with Crippen molar-refractivity contribution in [3.8, 4) is 0 Å². The summed E-state index contributed by atoms with van der Waals surface area (Å²) in [5.74, 6) is 0.687. The molecule has 6 heteroatoms. The molecule has 1 aliphatic heterocycles. The molecule has 22 heavy (non-hydrogen) atoms. The Labute approximate surface area is 129 Å². The molecule has 0 saturated carbocycles. The predicted molar refractivity (Wildman–Crippen MR) is 84.7 cm³/mol. The fourth-order valence-electron chi connectivity index (χ4n) is 3.21. The largest absolute Gasteiger partial charge is 0.351 e. The second-order valence-electron chi connectivity index (χ2n) is 6.02. The van der Waals surface area contributed by atoms with Crippen LogP contribution in [0.2, 0.25) is 0 Å². The summed E-state index contributed by atoms with van der Waals surface area (Å²) < 4.78 is 0. The second-order valence-corrected chi connectivity index (χ2v) is 6.02. The van der Waals surface area contributed by atoms with Gasteiger partial charge in [0.1, 0.15) is 0 Å². The normalized spacial score (nSPS) is 25.0. The Morgan fingerprint density at radius 3 is 3.05 bits per heavy atom. The van der Waals surface area contributed by atoms with Gasteiger partial charge in [-0.1, -0.05) is 12.2 Å². The Hall–Kier alpha value is -2.11. The van der Waals surface area contributed by atoms with E-state index in [1.54, 1.807) is 6.20 Å². The van der Waals surface area contributed by atoms with Gasteiger partial charge >= 0.3 is 0 Å². The summed E-state index contributed by atoms with van der Waals surface area (Å²) in [6, 6.07) is 0.0913. The van der Waals surface area contributed by atoms with Gasteiger partial charge in [-0.15, -0.1) is 0 Å². The van der Waals surface area contributed by atoms with Crippen LogP contribution in [0.4, 0.5) is 5.82 Å². The number of anilines is 1. The number of rotatable bonds is 3. The SMILES string of the molecule is O=C(NC1CCCN(c2ncc[nH]c2=O)C1)C1CC=CCC1. The van der Waals surface area contributed by atoms with E-state index in [1.807, 2.05) is 4.90 Å². The summed E-state index contributed by atoms with van der Waals surface area (Å²) in [6.45, 7) is 1.45. The van der Waals surface area contributed by atoms with Gasteiger partial charge in [0.2, 0.25) is 5.91 Å². The van der Waals surface area contributed by atoms with Crippen molar-refractivity contribution in [2.75, 3.05) is 18.0 Å². The van der Waals surface area contributed by atoms with E-state index in [4.69, 9.17) is 0 Å². The second kappa shape index (κ2) is 6.77. The number of piperidine rings is 1. The molecular formula is C16H22N4O2. The van der Waals surface area contributed by atoms with Crippen LogP contribution < -0.4 is 15.8 Å². The summed E-state index contributed by atoms with van der Waals surface area (Å²) in [6.07, 6.45) is 12.0. The molecule has 1 saturated heterocycles. The van der Waals surface area contributed by atoms with Gasteiger partial charge in [-0.25, -0.2) is 4.98 Å². The molecular weight excluding hydrogens is 280 g/mol. The number of carbonyl (C=O) groups is 1. The van der Waals surface area contributed by atoms with Crippen molar-refractivity contribution in [2.45, 2.75) is 38.1 Å². The number of hydrogen-bond donors (Lipinski definition) is 2. The number of hydrogen-bond acceptors (Lipinski definition) is 4. The molecule has 1 amide bonds. The Morgan fingerprint density at radius 2 is 2.27 bits per heavy atom. The lowest BCUT2D eigenvalue weighted by Gasteiger charge is -2.34. The molecule has 3 rings (SSSR count). The van der Waals surface area contributed by atoms with Crippen LogP contribution in [0.15, 0.2) is 29.3 Å². The van der Waals surface area contributed by atoms with E-state index in [0.29, 0.717) is 12.4 Å². The van der Waals surface area contributed by atoms with E-state index in [1.165, 1.54) is 6.20 Å². The third-order valence-electron chi connectivity index (χ3n) is 4.40. The van der Waals surface area contributed by atoms with Crippen molar-refractivity contribution >= 4 is 11.7 Å². The first-order valence-electron chi connectivity index (χ1n) is 7.98. The zero-order chi connectivity index (χ0) is 15.4. The highest BCUT2D eigenvalue weighted by atomic mass is 16.2. The average Bonchev–Trinajstić information content (AvgIpc) is 2.56. The van der Waals surface area contributed by atoms with Crippen LogP contribution in [0.5, 0.6) is 0 Å². The standard InChI is InChI=1S/C16H22N4O2/c21-15(12-5-2-1-3-6-12)19-13-7-4-10-20(11-13)14-16(22)18-9-8-17-14/h1-2,8-9,12-13H,3-7,10-11H2,(H,18,22)(H,19,21). The maximum Gasteiger partial charge on any atom is 0.290 e. The molecule has 2 aliphatic rings. The summed E-state index contributed by atoms with van der Waals surface area (Å²) in [5.41, 5.74) is -0.174. The van der Waals surface area contributed by atoms with Crippen molar-refractivity contribution in [1.82, 2.24) is 15.3 Å². The maximum absolute atomic E-state index is 12.3. The number of aromatic nitrogens is 2. The summed E-state index contributed by atoms with van der Waals surface area (Å²) in [5, 5.41) is 3.15. The van der Waals surface area contributed by atoms with Gasteiger partial charge in [0.15, 0.2) is 5.82 Å². The van der Waals surface area contributed by atoms with Crippen molar-refractivity contribution in [2.24, 2.45) is 5.92 Å². The number of allylic oxidation sites excluding steroid dienone is 2. The first-order valence-corrected chi connectivity index (χ1v) is 7.98. The first kappa shape index (κ1) is 14.8. The molecule has 1 aliphatic carbocycles. The maximum atomic E-state index is 12.3. The average molecular weight is 302 g/mol. The Bertz CT molecular complexity index is 610. The first-order chi connectivity index (χ1) is 10.7. The van der Waals surface area contributed by atoms with Crippen molar-refractivity contribution in [1.29, 1.82) is 0 Å². The molecule has 2 heterocycles. The van der Waals surface area contributed by atoms with Crippen molar-refractivity contribution in [3.63, 3.8) is 0 Å². The van der Waals surface area contributed by atoms with E-state index in [-0.39, 0.29) is 23.4 Å². The highest BCUT2D eigenvalue weighted by molar-refractivity contribution is 5.79. The lowest BCUT2D eigenvalue weighted by Crippen LogP contribution is -2.50. The molecule has 0 radical (unpaired) electrons. The minimum Gasteiger partial charge on any atom is -0.351 e. The van der Waals surface area contributed by atoms with Crippen LogP contribution in [-0.2, 0) is 4.79 Å². The molecule has 0 aromatic carbocycles. The lowest BCUT2D eigenvalue weighted by molar-refractivity contribution is -0.126. The molecule has 2 N–H and O–H groups in total. The molecule has 0 bridgehead atoms. The number of carbonyl (C=O) groups excluding carboxylic acids is 1. The Morgan fingerprint density at radius 1 is 1.36 bits per heavy atom. The van der Waals surface area contributed by atoms with Gasteiger partial charge < -0.3 is 15.2 Å². The van der Waals surface area contributed by atoms with Crippen molar-refractivity contribution in [3.05, 3.63) is 34.9 Å². The summed E-state index contributed by atoms with van der Waals surface area (Å²) >= 11 is 0. The van der Waals surface area contributed by atoms with Gasteiger partial charge in [0, 0.05) is 37.4 Å². The molecule has 118 valence electrons. The van der Waals surface area contributed by atoms with Crippen LogP contribution in [-0.4, -0.2) is 35.0 Å². The van der Waals surface area contributed by atoms with E-state index < -0.39 is 0 Å². The molecule has 0 spiro atoms. The third kappa shape index (κ3) is 3.37. The van der Waals surface area contributed by atoms with Gasteiger partial charge in [-0.3, -0.25) is 9.59 Å². The fourth-order valence-corrected chi connectivity index (χ4v) is 3.21. The van der Waals surface area contributed by atoms with Crippen molar-refractivity contribution < 1.29 is 4.79 Å². The topological polar surface area (TPSA) is 78.1 Å². The highest BCUT2D eigenvalue weighted by Gasteiger charge is 2.26. The van der Waals surface area contributed by atoms with Gasteiger partial charge in [0.05, 0.1) is 0 Å². The molecule has 2 unspecified atom stereocenters. The number of aromatic amines is 1. The van der Waals surface area contributed by atoms with E-state index in [2.05, 4.69) is 27.4 Å². The number of H-pyrrole nitrogens is 1. The number of amides is 1. The molecule has 1 aromatic heterocycles. The van der Waals surface area contributed by atoms with E-state index >= 15 is 0 Å². The van der Waals surface area contributed by atoms with E-state index in [0.717, 1.165) is 38.6 Å². The Kier molecular flexibility index (Phi) is 4.56. The van der Waals surface area contributed by atoms with Gasteiger partial charge in [0.25, 0.3) is 5.56 Å². The minimum atomic E-state index is -0.174. The molecule has 6 nitrogen and oxygen atoms in total. The predicted octanol–water partition coefficient (Wildman–Crippen LogP) is 1.21. The number of nitrogens with one attached hydrogen (secondary N) is 2. The lowest BCUT2D eigenvalue weighted by atomic mass is 9.93. The van der Waals surface area contributed by atoms with Crippen LogP contribution in [0, 0.1) is 5.92 Å². The zero-order valence-corrected chi connectivity index (χ0v) is 12.6. The van der Waals surface area contributed by atoms with Crippen LogP contribution in [0.1, 0.15) is 32.1 Å². The van der Waals surface area contributed by atoms with Gasteiger partial charge in [-0.05, 0) is 32.1 Å². The highest BCUT2D eigenvalue weighted by Crippen LogP contribution is 2.20.